The van der Waals surface area contributed by atoms with Gasteiger partial charge in [-0.1, -0.05) is 38.1 Å². The van der Waals surface area contributed by atoms with Gasteiger partial charge in [-0.15, -0.1) is 0 Å². The lowest BCUT2D eigenvalue weighted by atomic mass is 10.0. The zero-order valence-electron chi connectivity index (χ0n) is 18.1. The fraction of sp³-hybridized carbons (Fsp3) is 0.375. The Hall–Kier alpha value is -3.35. The lowest BCUT2D eigenvalue weighted by Crippen LogP contribution is -2.38. The number of rotatable bonds is 7. The van der Waals surface area contributed by atoms with Crippen LogP contribution in [0, 0.1) is 11.8 Å². The first-order valence-electron chi connectivity index (χ1n) is 10.7. The number of carbonyl (C=O) groups excluding carboxylic acids is 2. The smallest absolute Gasteiger partial charge is 0.227 e. The SMILES string of the molecule is CCOc1ccccc1N1CC(C(=O)NC(c2nc3ccccc3[nH]2)C(C)C)CC1=O. The molecule has 2 amide bonds. The van der Waals surface area contributed by atoms with Crippen molar-refractivity contribution in [3.8, 4) is 5.75 Å². The molecule has 4 rings (SSSR count). The van der Waals surface area contributed by atoms with Crippen LogP contribution in [0.25, 0.3) is 11.0 Å². The van der Waals surface area contributed by atoms with Gasteiger partial charge < -0.3 is 19.9 Å². The van der Waals surface area contributed by atoms with Crippen LogP contribution in [-0.4, -0.2) is 34.9 Å². The molecule has 2 atom stereocenters. The quantitative estimate of drug-likeness (QED) is 0.608. The molecule has 2 aromatic carbocycles. The number of aromatic nitrogens is 2. The summed E-state index contributed by atoms with van der Waals surface area (Å²) in [5, 5.41) is 3.13. The van der Waals surface area contributed by atoms with Gasteiger partial charge in [0.1, 0.15) is 11.6 Å². The van der Waals surface area contributed by atoms with E-state index in [1.165, 1.54) is 0 Å². The number of nitrogens with zero attached hydrogens (tertiary/aromatic N) is 2. The number of nitrogens with one attached hydrogen (secondary N) is 2. The van der Waals surface area contributed by atoms with E-state index >= 15 is 0 Å². The monoisotopic (exact) mass is 420 g/mol. The van der Waals surface area contributed by atoms with Crippen molar-refractivity contribution in [3.63, 3.8) is 0 Å². The number of anilines is 1. The molecule has 31 heavy (non-hydrogen) atoms. The summed E-state index contributed by atoms with van der Waals surface area (Å²) in [5.41, 5.74) is 2.52. The maximum Gasteiger partial charge on any atom is 0.227 e. The fourth-order valence-corrected chi connectivity index (χ4v) is 4.02. The fourth-order valence-electron chi connectivity index (χ4n) is 4.02. The first-order chi connectivity index (χ1) is 15.0. The van der Waals surface area contributed by atoms with Crippen molar-refractivity contribution in [2.45, 2.75) is 33.2 Å². The summed E-state index contributed by atoms with van der Waals surface area (Å²) in [4.78, 5) is 35.5. The van der Waals surface area contributed by atoms with Crippen molar-refractivity contribution in [3.05, 3.63) is 54.4 Å². The number of ether oxygens (including phenoxy) is 1. The maximum atomic E-state index is 13.1. The predicted molar refractivity (Wildman–Crippen MR) is 120 cm³/mol. The molecule has 0 spiro atoms. The molecular weight excluding hydrogens is 392 g/mol. The molecule has 2 unspecified atom stereocenters. The standard InChI is InChI=1S/C24H28N4O3/c1-4-31-20-12-8-7-11-19(20)28-14-16(13-21(28)29)24(30)27-22(15(2)3)23-25-17-9-5-6-10-18(17)26-23/h5-12,15-16,22H,4,13-14H2,1-3H3,(H,25,26)(H,27,30). The van der Waals surface area contributed by atoms with Gasteiger partial charge in [0, 0.05) is 13.0 Å². The highest BCUT2D eigenvalue weighted by atomic mass is 16.5. The molecule has 1 fully saturated rings. The zero-order chi connectivity index (χ0) is 22.0. The van der Waals surface area contributed by atoms with E-state index in [9.17, 15) is 9.59 Å². The molecule has 2 heterocycles. The van der Waals surface area contributed by atoms with Crippen LogP contribution in [0.2, 0.25) is 0 Å². The van der Waals surface area contributed by atoms with Crippen molar-refractivity contribution in [1.29, 1.82) is 0 Å². The number of fused-ring (bicyclic) bond motifs is 1. The summed E-state index contributed by atoms with van der Waals surface area (Å²) >= 11 is 0. The van der Waals surface area contributed by atoms with Crippen molar-refractivity contribution in [2.24, 2.45) is 11.8 Å². The molecule has 7 nitrogen and oxygen atoms in total. The number of imidazole rings is 1. The van der Waals surface area contributed by atoms with E-state index in [2.05, 4.69) is 15.3 Å². The third-order valence-electron chi connectivity index (χ3n) is 5.62. The molecule has 0 radical (unpaired) electrons. The highest BCUT2D eigenvalue weighted by Crippen LogP contribution is 2.33. The first-order valence-corrected chi connectivity index (χ1v) is 10.7. The molecule has 0 saturated carbocycles. The molecule has 1 saturated heterocycles. The van der Waals surface area contributed by atoms with Gasteiger partial charge in [0.15, 0.2) is 0 Å². The molecule has 2 N–H and O–H groups in total. The lowest BCUT2D eigenvalue weighted by Gasteiger charge is -2.23. The van der Waals surface area contributed by atoms with Crippen molar-refractivity contribution < 1.29 is 14.3 Å². The first kappa shape index (κ1) is 20.9. The highest BCUT2D eigenvalue weighted by molar-refractivity contribution is 6.01. The highest BCUT2D eigenvalue weighted by Gasteiger charge is 2.37. The number of para-hydroxylation sites is 4. The molecule has 1 aliphatic heterocycles. The molecule has 1 aliphatic rings. The van der Waals surface area contributed by atoms with Crippen LogP contribution in [0.3, 0.4) is 0 Å². The van der Waals surface area contributed by atoms with Gasteiger partial charge in [0.2, 0.25) is 11.8 Å². The average molecular weight is 421 g/mol. The van der Waals surface area contributed by atoms with Crippen molar-refractivity contribution in [1.82, 2.24) is 15.3 Å². The Morgan fingerprint density at radius 2 is 1.97 bits per heavy atom. The van der Waals surface area contributed by atoms with Crippen LogP contribution in [0.5, 0.6) is 5.75 Å². The Bertz CT molecular complexity index is 1060. The normalized spacial score (nSPS) is 17.4. The molecule has 7 heteroatoms. The van der Waals surface area contributed by atoms with Crippen molar-refractivity contribution in [2.75, 3.05) is 18.1 Å². The van der Waals surface area contributed by atoms with Gasteiger partial charge in [-0.25, -0.2) is 4.98 Å². The van der Waals surface area contributed by atoms with Crippen LogP contribution >= 0.6 is 0 Å². The number of hydrogen-bond donors (Lipinski definition) is 2. The minimum atomic E-state index is -0.423. The Kier molecular flexibility index (Phi) is 5.93. The number of aromatic amines is 1. The van der Waals surface area contributed by atoms with Gasteiger partial charge in [-0.3, -0.25) is 9.59 Å². The Balaban J connectivity index is 1.51. The number of benzene rings is 2. The topological polar surface area (TPSA) is 87.3 Å². The van der Waals surface area contributed by atoms with Gasteiger partial charge in [0.25, 0.3) is 0 Å². The van der Waals surface area contributed by atoms with E-state index in [-0.39, 0.29) is 30.2 Å². The summed E-state index contributed by atoms with van der Waals surface area (Å²) in [5.74, 6) is 0.888. The van der Waals surface area contributed by atoms with Crippen LogP contribution < -0.4 is 15.0 Å². The predicted octanol–water partition coefficient (Wildman–Crippen LogP) is 3.83. The van der Waals surface area contributed by atoms with Gasteiger partial charge in [0.05, 0.1) is 35.3 Å². The van der Waals surface area contributed by atoms with Gasteiger partial charge >= 0.3 is 0 Å². The third kappa shape index (κ3) is 4.26. The second kappa shape index (κ2) is 8.79. The Labute approximate surface area is 181 Å². The maximum absolute atomic E-state index is 13.1. The summed E-state index contributed by atoms with van der Waals surface area (Å²) in [7, 11) is 0. The largest absolute Gasteiger partial charge is 0.492 e. The van der Waals surface area contributed by atoms with E-state index in [1.807, 2.05) is 69.3 Å². The minimum Gasteiger partial charge on any atom is -0.492 e. The second-order valence-corrected chi connectivity index (χ2v) is 8.18. The van der Waals surface area contributed by atoms with E-state index in [0.29, 0.717) is 24.6 Å². The minimum absolute atomic E-state index is 0.0721. The van der Waals surface area contributed by atoms with E-state index < -0.39 is 5.92 Å². The second-order valence-electron chi connectivity index (χ2n) is 8.18. The summed E-state index contributed by atoms with van der Waals surface area (Å²) < 4.78 is 5.67. The lowest BCUT2D eigenvalue weighted by molar-refractivity contribution is -0.127. The van der Waals surface area contributed by atoms with E-state index in [1.54, 1.807) is 4.90 Å². The number of H-pyrrole nitrogens is 1. The van der Waals surface area contributed by atoms with Crippen LogP contribution in [0.1, 0.15) is 39.1 Å². The van der Waals surface area contributed by atoms with Crippen molar-refractivity contribution >= 4 is 28.5 Å². The van der Waals surface area contributed by atoms with Crippen LogP contribution in [0.15, 0.2) is 48.5 Å². The average Bonchev–Trinajstić information content (AvgIpc) is 3.35. The number of carbonyl (C=O) groups is 2. The number of amides is 2. The van der Waals surface area contributed by atoms with Crippen LogP contribution in [0.4, 0.5) is 5.69 Å². The Morgan fingerprint density at radius 3 is 2.71 bits per heavy atom. The molecule has 1 aromatic heterocycles. The van der Waals surface area contributed by atoms with Gasteiger partial charge in [-0.2, -0.15) is 0 Å². The van der Waals surface area contributed by atoms with Gasteiger partial charge in [-0.05, 0) is 37.1 Å². The molecular formula is C24H28N4O3. The zero-order valence-corrected chi connectivity index (χ0v) is 18.1. The summed E-state index contributed by atoms with van der Waals surface area (Å²) in [6.07, 6.45) is 0.178. The molecule has 3 aromatic rings. The molecule has 0 aliphatic carbocycles. The molecule has 162 valence electrons. The molecule has 0 bridgehead atoms. The van der Waals surface area contributed by atoms with E-state index in [0.717, 1.165) is 16.9 Å². The van der Waals surface area contributed by atoms with E-state index in [4.69, 9.17) is 4.74 Å². The Morgan fingerprint density at radius 1 is 1.23 bits per heavy atom. The number of hydrogen-bond acceptors (Lipinski definition) is 4. The van der Waals surface area contributed by atoms with Crippen LogP contribution in [-0.2, 0) is 9.59 Å². The summed E-state index contributed by atoms with van der Waals surface area (Å²) in [6.45, 7) is 6.84. The third-order valence-corrected chi connectivity index (χ3v) is 5.62. The summed E-state index contributed by atoms with van der Waals surface area (Å²) in [6, 6.07) is 15.0.